The van der Waals surface area contributed by atoms with E-state index in [2.05, 4.69) is 16.0 Å². The Kier molecular flexibility index (Phi) is 4.21. The van der Waals surface area contributed by atoms with Gasteiger partial charge in [-0.1, -0.05) is 6.07 Å². The van der Waals surface area contributed by atoms with Crippen molar-refractivity contribution in [3.8, 4) is 5.75 Å². The van der Waals surface area contributed by atoms with Crippen molar-refractivity contribution in [2.45, 2.75) is 24.5 Å². The Hall–Kier alpha value is -3.57. The standard InChI is InChI=1S/C20H20FN5O5/c1-30-12-3-2-9-7-26(17(27)15(9)16(12)21)8-20(18(28)24-19(29)25-20)13-6-10-11(31-13)4-5-14(22)23-10/h2-6,14,18,23,28H,7-8,22H2,1H3,(H2,24,25,29). The molecule has 3 aliphatic rings. The van der Waals surface area contributed by atoms with Crippen molar-refractivity contribution >= 4 is 23.7 Å². The number of methoxy groups -OCH3 is 1. The van der Waals surface area contributed by atoms with Gasteiger partial charge in [0.05, 0.1) is 31.1 Å². The number of nitrogens with two attached hydrogens (primary N) is 1. The number of aliphatic hydroxyl groups is 1. The zero-order valence-corrected chi connectivity index (χ0v) is 16.4. The fourth-order valence-electron chi connectivity index (χ4n) is 4.22. The molecule has 0 bridgehead atoms. The first kappa shape index (κ1) is 19.4. The maximum atomic E-state index is 14.7. The van der Waals surface area contributed by atoms with Crippen molar-refractivity contribution < 1.29 is 28.2 Å². The number of nitrogens with zero attached hydrogens (tertiary/aromatic N) is 1. The third-order valence-electron chi connectivity index (χ3n) is 5.76. The molecule has 0 spiro atoms. The smallest absolute Gasteiger partial charge is 0.317 e. The van der Waals surface area contributed by atoms with Crippen LogP contribution in [0.25, 0.3) is 6.08 Å². The molecule has 3 aliphatic heterocycles. The van der Waals surface area contributed by atoms with Crippen LogP contribution in [0.5, 0.6) is 5.75 Å². The number of aliphatic hydroxyl groups excluding tert-OH is 1. The van der Waals surface area contributed by atoms with Gasteiger partial charge in [0.1, 0.15) is 11.5 Å². The van der Waals surface area contributed by atoms with E-state index in [9.17, 15) is 19.1 Å². The van der Waals surface area contributed by atoms with Crippen LogP contribution >= 0.6 is 0 Å². The van der Waals surface area contributed by atoms with E-state index in [1.807, 2.05) is 0 Å². The van der Waals surface area contributed by atoms with Gasteiger partial charge in [0, 0.05) is 12.6 Å². The Morgan fingerprint density at radius 2 is 2.19 bits per heavy atom. The second-order valence-corrected chi connectivity index (χ2v) is 7.67. The van der Waals surface area contributed by atoms with E-state index in [0.29, 0.717) is 17.0 Å². The van der Waals surface area contributed by atoms with Crippen molar-refractivity contribution in [3.63, 3.8) is 0 Å². The third-order valence-corrected chi connectivity index (χ3v) is 5.76. The summed E-state index contributed by atoms with van der Waals surface area (Å²) in [4.78, 5) is 26.5. The molecule has 3 amide bonds. The zero-order chi connectivity index (χ0) is 21.9. The molecule has 3 atom stereocenters. The van der Waals surface area contributed by atoms with Crippen LogP contribution in [0.1, 0.15) is 27.4 Å². The van der Waals surface area contributed by atoms with Gasteiger partial charge in [0.25, 0.3) is 5.91 Å². The number of hydrogen-bond donors (Lipinski definition) is 5. The van der Waals surface area contributed by atoms with Crippen LogP contribution in [-0.4, -0.2) is 48.0 Å². The van der Waals surface area contributed by atoms with Gasteiger partial charge in [-0.15, -0.1) is 0 Å². The van der Waals surface area contributed by atoms with Crippen LogP contribution in [0, 0.1) is 5.82 Å². The van der Waals surface area contributed by atoms with Gasteiger partial charge in [0.15, 0.2) is 23.3 Å². The number of anilines is 1. The number of fused-ring (bicyclic) bond motifs is 2. The van der Waals surface area contributed by atoms with E-state index in [1.54, 1.807) is 24.3 Å². The molecule has 1 aromatic carbocycles. The maximum Gasteiger partial charge on any atom is 0.317 e. The van der Waals surface area contributed by atoms with E-state index < -0.39 is 35.7 Å². The molecule has 1 fully saturated rings. The number of furan rings is 1. The van der Waals surface area contributed by atoms with Gasteiger partial charge < -0.3 is 40.8 Å². The SMILES string of the molecule is COc1ccc2c(c1F)C(=O)N(CC1(c3cc4c(o3)C=CC(N)N4)NC(=O)NC1O)C2. The summed E-state index contributed by atoms with van der Waals surface area (Å²) in [5.74, 6) is -0.664. The topological polar surface area (TPSA) is 142 Å². The van der Waals surface area contributed by atoms with E-state index in [4.69, 9.17) is 14.9 Å². The average Bonchev–Trinajstić information content (AvgIpc) is 3.37. The minimum atomic E-state index is -1.49. The molecule has 162 valence electrons. The highest BCUT2D eigenvalue weighted by molar-refractivity contribution is 5.99. The summed E-state index contributed by atoms with van der Waals surface area (Å²) in [6.07, 6.45) is 1.56. The predicted octanol–water partition coefficient (Wildman–Crippen LogP) is 0.633. The summed E-state index contributed by atoms with van der Waals surface area (Å²) in [5, 5.41) is 18.8. The molecular formula is C20H20FN5O5. The van der Waals surface area contributed by atoms with E-state index >= 15 is 0 Å². The molecule has 5 rings (SSSR count). The van der Waals surface area contributed by atoms with Gasteiger partial charge in [-0.05, 0) is 23.8 Å². The first-order valence-corrected chi connectivity index (χ1v) is 9.58. The van der Waals surface area contributed by atoms with Gasteiger partial charge >= 0.3 is 6.03 Å². The van der Waals surface area contributed by atoms with Crippen LogP contribution in [-0.2, 0) is 12.1 Å². The zero-order valence-electron chi connectivity index (χ0n) is 16.4. The van der Waals surface area contributed by atoms with Crippen LogP contribution in [0.4, 0.5) is 14.9 Å². The number of halogens is 1. The monoisotopic (exact) mass is 429 g/mol. The lowest BCUT2D eigenvalue weighted by molar-refractivity contribution is 0.0344. The second kappa shape index (κ2) is 6.72. The lowest BCUT2D eigenvalue weighted by Crippen LogP contribution is -2.54. The summed E-state index contributed by atoms with van der Waals surface area (Å²) in [6.45, 7) is -0.0623. The van der Waals surface area contributed by atoms with E-state index in [0.717, 1.165) is 0 Å². The number of benzene rings is 1. The molecule has 0 radical (unpaired) electrons. The number of nitrogens with one attached hydrogen (secondary N) is 3. The highest BCUT2D eigenvalue weighted by Gasteiger charge is 2.53. The molecule has 1 saturated heterocycles. The Morgan fingerprint density at radius 1 is 1.39 bits per heavy atom. The van der Waals surface area contributed by atoms with Crippen molar-refractivity contribution in [1.29, 1.82) is 0 Å². The molecule has 0 aliphatic carbocycles. The van der Waals surface area contributed by atoms with Crippen molar-refractivity contribution in [2.24, 2.45) is 5.73 Å². The number of hydrogen-bond acceptors (Lipinski definition) is 7. The van der Waals surface area contributed by atoms with Gasteiger partial charge in [-0.2, -0.15) is 0 Å². The number of carbonyl (C=O) groups excluding carboxylic acids is 2. The fourth-order valence-corrected chi connectivity index (χ4v) is 4.22. The van der Waals surface area contributed by atoms with Gasteiger partial charge in [-0.3, -0.25) is 4.79 Å². The number of ether oxygens (including phenoxy) is 1. The fraction of sp³-hybridized carbons (Fsp3) is 0.300. The van der Waals surface area contributed by atoms with Crippen LogP contribution in [0.15, 0.2) is 28.7 Å². The average molecular weight is 429 g/mol. The van der Waals surface area contributed by atoms with Crippen molar-refractivity contribution in [3.05, 3.63) is 52.7 Å². The Labute approximate surface area is 175 Å². The Morgan fingerprint density at radius 3 is 2.90 bits per heavy atom. The normalized spacial score (nSPS) is 26.3. The maximum absolute atomic E-state index is 14.7. The molecular weight excluding hydrogens is 409 g/mol. The second-order valence-electron chi connectivity index (χ2n) is 7.67. The number of rotatable bonds is 4. The molecule has 3 unspecified atom stereocenters. The molecule has 10 nitrogen and oxygen atoms in total. The van der Waals surface area contributed by atoms with E-state index in [1.165, 1.54) is 18.1 Å². The summed E-state index contributed by atoms with van der Waals surface area (Å²) < 4.78 is 25.6. The van der Waals surface area contributed by atoms with Crippen molar-refractivity contribution in [1.82, 2.24) is 15.5 Å². The largest absolute Gasteiger partial charge is 0.494 e. The predicted molar refractivity (Wildman–Crippen MR) is 106 cm³/mol. The first-order valence-electron chi connectivity index (χ1n) is 9.58. The highest BCUT2D eigenvalue weighted by Crippen LogP contribution is 2.38. The number of carbonyl (C=O) groups is 2. The van der Waals surface area contributed by atoms with Crippen molar-refractivity contribution in [2.75, 3.05) is 19.0 Å². The lowest BCUT2D eigenvalue weighted by atomic mass is 9.94. The molecule has 11 heteroatoms. The molecule has 2 aromatic rings. The quantitative estimate of drug-likeness (QED) is 0.480. The molecule has 6 N–H and O–H groups in total. The molecule has 31 heavy (non-hydrogen) atoms. The first-order chi connectivity index (χ1) is 14.8. The minimum Gasteiger partial charge on any atom is -0.494 e. The Bertz CT molecular complexity index is 1130. The number of amides is 3. The summed E-state index contributed by atoms with van der Waals surface area (Å²) >= 11 is 0. The Balaban J connectivity index is 1.52. The summed E-state index contributed by atoms with van der Waals surface area (Å²) in [6, 6.07) is 4.06. The highest BCUT2D eigenvalue weighted by atomic mass is 19.1. The van der Waals surface area contributed by atoms with E-state index in [-0.39, 0.29) is 30.2 Å². The molecule has 1 aromatic heterocycles. The summed E-state index contributed by atoms with van der Waals surface area (Å²) in [7, 11) is 1.32. The number of urea groups is 1. The van der Waals surface area contributed by atoms with Crippen LogP contribution in [0.3, 0.4) is 0 Å². The lowest BCUT2D eigenvalue weighted by Gasteiger charge is -2.33. The third kappa shape index (κ3) is 2.85. The molecule has 0 saturated carbocycles. The van der Waals surface area contributed by atoms with Crippen LogP contribution in [0.2, 0.25) is 0 Å². The van der Waals surface area contributed by atoms with Gasteiger partial charge in [-0.25, -0.2) is 9.18 Å². The van der Waals surface area contributed by atoms with Gasteiger partial charge in [0.2, 0.25) is 0 Å². The summed E-state index contributed by atoms with van der Waals surface area (Å²) in [5.41, 5.74) is 5.35. The van der Waals surface area contributed by atoms with Crippen LogP contribution < -0.4 is 26.4 Å². The minimum absolute atomic E-state index is 0.0348. The molecule has 4 heterocycles.